The summed E-state index contributed by atoms with van der Waals surface area (Å²) < 4.78 is 5.71. The molecule has 104 valence electrons. The van der Waals surface area contributed by atoms with Crippen LogP contribution in [0.25, 0.3) is 0 Å². The first kappa shape index (κ1) is 15.4. The Balaban J connectivity index is 2.20. The van der Waals surface area contributed by atoms with Crippen LogP contribution in [0, 0.1) is 0 Å². The van der Waals surface area contributed by atoms with Crippen molar-refractivity contribution in [1.82, 2.24) is 0 Å². The van der Waals surface area contributed by atoms with Gasteiger partial charge in [-0.3, -0.25) is 0 Å². The summed E-state index contributed by atoms with van der Waals surface area (Å²) in [5, 5.41) is 1.53. The number of benzene rings is 2. The summed E-state index contributed by atoms with van der Waals surface area (Å²) in [6, 6.07) is 10.4. The fourth-order valence-corrected chi connectivity index (χ4v) is 2.26. The van der Waals surface area contributed by atoms with Crippen LogP contribution in [0.5, 0.6) is 5.75 Å². The zero-order chi connectivity index (χ0) is 14.7. The highest BCUT2D eigenvalue weighted by molar-refractivity contribution is 7.80. The Morgan fingerprint density at radius 1 is 1.05 bits per heavy atom. The standard InChI is InChI=1S/C14H10Cl3NOS/c15-9-2-3-10(14(18)20)13(6-9)19-7-8-1-4-11(16)12(17)5-8/h1-6H,7H2,(H2,18,20). The van der Waals surface area contributed by atoms with Crippen LogP contribution < -0.4 is 10.5 Å². The maximum atomic E-state index is 5.95. The quantitative estimate of drug-likeness (QED) is 0.803. The average molecular weight is 347 g/mol. The van der Waals surface area contributed by atoms with Crippen LogP contribution in [-0.2, 0) is 6.61 Å². The van der Waals surface area contributed by atoms with E-state index in [2.05, 4.69) is 0 Å². The molecule has 0 aliphatic carbocycles. The third-order valence-electron chi connectivity index (χ3n) is 2.59. The number of hydrogen-bond acceptors (Lipinski definition) is 2. The molecule has 2 rings (SSSR count). The second kappa shape index (κ2) is 6.64. The van der Waals surface area contributed by atoms with Crippen molar-refractivity contribution in [3.05, 3.63) is 62.6 Å². The summed E-state index contributed by atoms with van der Waals surface area (Å²) in [7, 11) is 0. The van der Waals surface area contributed by atoms with Gasteiger partial charge in [0.15, 0.2) is 0 Å². The van der Waals surface area contributed by atoms with E-state index in [0.717, 1.165) is 5.56 Å². The molecule has 0 amide bonds. The molecule has 2 N–H and O–H groups in total. The first-order valence-corrected chi connectivity index (χ1v) is 7.17. The van der Waals surface area contributed by atoms with E-state index < -0.39 is 0 Å². The Morgan fingerprint density at radius 3 is 2.45 bits per heavy atom. The number of thiocarbonyl (C=S) groups is 1. The molecule has 2 aromatic carbocycles. The van der Waals surface area contributed by atoms with Gasteiger partial charge in [0.05, 0.1) is 15.6 Å². The predicted molar refractivity (Wildman–Crippen MR) is 88.1 cm³/mol. The molecule has 0 radical (unpaired) electrons. The normalized spacial score (nSPS) is 10.3. The number of nitrogens with two attached hydrogens (primary N) is 1. The molecule has 20 heavy (non-hydrogen) atoms. The maximum Gasteiger partial charge on any atom is 0.131 e. The van der Waals surface area contributed by atoms with Gasteiger partial charge in [0.2, 0.25) is 0 Å². The molecule has 0 aromatic heterocycles. The van der Waals surface area contributed by atoms with Crippen LogP contribution in [0.1, 0.15) is 11.1 Å². The molecule has 0 aliphatic heterocycles. The Labute approximate surface area is 137 Å². The predicted octanol–water partition coefficient (Wildman–Crippen LogP) is 4.86. The molecule has 6 heteroatoms. The lowest BCUT2D eigenvalue weighted by Gasteiger charge is -2.11. The molecule has 0 saturated carbocycles. The molecule has 0 bridgehead atoms. The third kappa shape index (κ3) is 3.76. The summed E-state index contributed by atoms with van der Waals surface area (Å²) in [5.41, 5.74) is 7.17. The van der Waals surface area contributed by atoms with Gasteiger partial charge in [-0.2, -0.15) is 0 Å². The molecule has 0 unspecified atom stereocenters. The minimum absolute atomic E-state index is 0.255. The molecule has 2 aromatic rings. The molecule has 2 nitrogen and oxygen atoms in total. The van der Waals surface area contributed by atoms with E-state index >= 15 is 0 Å². The first-order chi connectivity index (χ1) is 9.47. The number of rotatable bonds is 4. The Morgan fingerprint density at radius 2 is 1.80 bits per heavy atom. The Hall–Kier alpha value is -1.000. The Bertz CT molecular complexity index is 661. The largest absolute Gasteiger partial charge is 0.488 e. The van der Waals surface area contributed by atoms with E-state index in [1.807, 2.05) is 6.07 Å². The Kier molecular flexibility index (Phi) is 5.11. The van der Waals surface area contributed by atoms with E-state index in [1.165, 1.54) is 0 Å². The highest BCUT2D eigenvalue weighted by atomic mass is 35.5. The van der Waals surface area contributed by atoms with E-state index in [0.29, 0.717) is 33.0 Å². The zero-order valence-corrected chi connectivity index (χ0v) is 13.3. The maximum absolute atomic E-state index is 5.95. The van der Waals surface area contributed by atoms with Crippen molar-refractivity contribution in [2.45, 2.75) is 6.61 Å². The van der Waals surface area contributed by atoms with Crippen molar-refractivity contribution < 1.29 is 4.74 Å². The second-order valence-corrected chi connectivity index (χ2v) is 5.73. The highest BCUT2D eigenvalue weighted by Crippen LogP contribution is 2.26. The SMILES string of the molecule is NC(=S)c1ccc(Cl)cc1OCc1ccc(Cl)c(Cl)c1. The summed E-state index contributed by atoms with van der Waals surface area (Å²) in [6.07, 6.45) is 0. The lowest BCUT2D eigenvalue weighted by Crippen LogP contribution is -2.11. The van der Waals surface area contributed by atoms with Gasteiger partial charge in [-0.05, 0) is 35.9 Å². The van der Waals surface area contributed by atoms with Gasteiger partial charge in [-0.1, -0.05) is 53.1 Å². The molecular formula is C14H10Cl3NOS. The molecule has 0 heterocycles. The molecule has 0 spiro atoms. The topological polar surface area (TPSA) is 35.2 Å². The second-order valence-electron chi connectivity index (χ2n) is 4.04. The average Bonchev–Trinajstić information content (AvgIpc) is 2.40. The number of halogens is 3. The van der Waals surface area contributed by atoms with Crippen molar-refractivity contribution in [2.75, 3.05) is 0 Å². The summed E-state index contributed by atoms with van der Waals surface area (Å²) in [4.78, 5) is 0.255. The van der Waals surface area contributed by atoms with Gasteiger partial charge in [-0.25, -0.2) is 0 Å². The smallest absolute Gasteiger partial charge is 0.131 e. The molecule has 0 atom stereocenters. The van der Waals surface area contributed by atoms with Crippen LogP contribution in [0.3, 0.4) is 0 Å². The molecule has 0 saturated heterocycles. The highest BCUT2D eigenvalue weighted by Gasteiger charge is 2.08. The van der Waals surface area contributed by atoms with Gasteiger partial charge in [0, 0.05) is 5.02 Å². The van der Waals surface area contributed by atoms with Gasteiger partial charge in [0.25, 0.3) is 0 Å². The minimum atomic E-state index is 0.255. The lowest BCUT2D eigenvalue weighted by atomic mass is 10.2. The van der Waals surface area contributed by atoms with Crippen LogP contribution in [0.15, 0.2) is 36.4 Å². The monoisotopic (exact) mass is 345 g/mol. The van der Waals surface area contributed by atoms with Gasteiger partial charge in [0.1, 0.15) is 17.3 Å². The van der Waals surface area contributed by atoms with E-state index in [9.17, 15) is 0 Å². The van der Waals surface area contributed by atoms with Crippen molar-refractivity contribution in [1.29, 1.82) is 0 Å². The van der Waals surface area contributed by atoms with Crippen LogP contribution in [0.2, 0.25) is 15.1 Å². The summed E-state index contributed by atoms with van der Waals surface area (Å²) in [6.45, 7) is 0.312. The van der Waals surface area contributed by atoms with Crippen molar-refractivity contribution in [3.63, 3.8) is 0 Å². The third-order valence-corrected chi connectivity index (χ3v) is 3.78. The van der Waals surface area contributed by atoms with Gasteiger partial charge < -0.3 is 10.5 Å². The first-order valence-electron chi connectivity index (χ1n) is 5.63. The molecular weight excluding hydrogens is 337 g/mol. The van der Waals surface area contributed by atoms with E-state index in [-0.39, 0.29) is 4.99 Å². The van der Waals surface area contributed by atoms with Crippen LogP contribution in [-0.4, -0.2) is 4.99 Å². The minimum Gasteiger partial charge on any atom is -0.488 e. The van der Waals surface area contributed by atoms with Crippen molar-refractivity contribution in [3.8, 4) is 5.75 Å². The van der Waals surface area contributed by atoms with Gasteiger partial charge >= 0.3 is 0 Å². The zero-order valence-electron chi connectivity index (χ0n) is 10.2. The van der Waals surface area contributed by atoms with Crippen molar-refractivity contribution >= 4 is 52.0 Å². The van der Waals surface area contributed by atoms with Crippen LogP contribution in [0.4, 0.5) is 0 Å². The summed E-state index contributed by atoms with van der Waals surface area (Å²) in [5.74, 6) is 0.538. The molecule has 0 aliphatic rings. The van der Waals surface area contributed by atoms with Crippen LogP contribution >= 0.6 is 47.0 Å². The van der Waals surface area contributed by atoms with Crippen molar-refractivity contribution in [2.24, 2.45) is 5.73 Å². The summed E-state index contributed by atoms with van der Waals surface area (Å²) >= 11 is 22.7. The lowest BCUT2D eigenvalue weighted by molar-refractivity contribution is 0.306. The fourth-order valence-electron chi connectivity index (χ4n) is 1.61. The number of hydrogen-bond donors (Lipinski definition) is 1. The fraction of sp³-hybridized carbons (Fsp3) is 0.0714. The van der Waals surface area contributed by atoms with E-state index in [4.69, 9.17) is 57.5 Å². The molecule has 0 fully saturated rings. The van der Waals surface area contributed by atoms with E-state index in [1.54, 1.807) is 30.3 Å². The van der Waals surface area contributed by atoms with Gasteiger partial charge in [-0.15, -0.1) is 0 Å². The number of ether oxygens (including phenoxy) is 1.